The SMILES string of the molecule is CC1=NC(C(C)C)C(C)C=C1. The Morgan fingerprint density at radius 3 is 2.55 bits per heavy atom. The fourth-order valence-corrected chi connectivity index (χ4v) is 1.56. The van der Waals surface area contributed by atoms with Crippen LogP contribution in [0.4, 0.5) is 0 Å². The first-order chi connectivity index (χ1) is 5.11. The summed E-state index contributed by atoms with van der Waals surface area (Å²) < 4.78 is 0. The van der Waals surface area contributed by atoms with Gasteiger partial charge in [0.25, 0.3) is 0 Å². The number of hydrogen-bond donors (Lipinski definition) is 0. The van der Waals surface area contributed by atoms with Gasteiger partial charge >= 0.3 is 0 Å². The lowest BCUT2D eigenvalue weighted by Crippen LogP contribution is -2.24. The first-order valence-electron chi connectivity index (χ1n) is 4.34. The molecule has 0 spiro atoms. The molecular weight excluding hydrogens is 134 g/mol. The van der Waals surface area contributed by atoms with Crippen LogP contribution in [0.1, 0.15) is 27.7 Å². The number of aliphatic imine (C=N–C) groups is 1. The summed E-state index contributed by atoms with van der Waals surface area (Å²) in [5.74, 6) is 1.27. The Morgan fingerprint density at radius 2 is 2.09 bits per heavy atom. The van der Waals surface area contributed by atoms with Crippen LogP contribution in [0.2, 0.25) is 0 Å². The fraction of sp³-hybridized carbons (Fsp3) is 0.700. The molecule has 1 heteroatoms. The predicted molar refractivity (Wildman–Crippen MR) is 50.0 cm³/mol. The third-order valence-electron chi connectivity index (χ3n) is 2.22. The maximum absolute atomic E-state index is 4.59. The van der Waals surface area contributed by atoms with E-state index < -0.39 is 0 Å². The van der Waals surface area contributed by atoms with Gasteiger partial charge in [0.2, 0.25) is 0 Å². The highest BCUT2D eigenvalue weighted by Gasteiger charge is 2.19. The van der Waals surface area contributed by atoms with Gasteiger partial charge in [0.15, 0.2) is 0 Å². The zero-order valence-corrected chi connectivity index (χ0v) is 7.83. The summed E-state index contributed by atoms with van der Waals surface area (Å²) in [6, 6.07) is 0.500. The van der Waals surface area contributed by atoms with Crippen molar-refractivity contribution < 1.29 is 0 Å². The summed E-state index contributed by atoms with van der Waals surface area (Å²) >= 11 is 0. The molecular formula is C10H17N. The van der Waals surface area contributed by atoms with Crippen molar-refractivity contribution in [1.29, 1.82) is 0 Å². The molecule has 2 atom stereocenters. The van der Waals surface area contributed by atoms with E-state index >= 15 is 0 Å². The van der Waals surface area contributed by atoms with Crippen molar-refractivity contribution in [3.8, 4) is 0 Å². The van der Waals surface area contributed by atoms with Gasteiger partial charge in [0, 0.05) is 5.71 Å². The molecule has 2 unspecified atom stereocenters. The average molecular weight is 151 g/mol. The normalized spacial score (nSPS) is 30.8. The Labute approximate surface area is 69.2 Å². The van der Waals surface area contributed by atoms with Crippen LogP contribution in [0.5, 0.6) is 0 Å². The molecule has 0 aliphatic carbocycles. The largest absolute Gasteiger partial charge is 0.286 e. The van der Waals surface area contributed by atoms with Gasteiger partial charge in [0.1, 0.15) is 0 Å². The third kappa shape index (κ3) is 1.92. The van der Waals surface area contributed by atoms with Crippen molar-refractivity contribution in [2.24, 2.45) is 16.8 Å². The molecule has 1 aliphatic heterocycles. The van der Waals surface area contributed by atoms with Crippen molar-refractivity contribution >= 4 is 5.71 Å². The van der Waals surface area contributed by atoms with Gasteiger partial charge in [-0.3, -0.25) is 4.99 Å². The number of dihydropyridines is 1. The van der Waals surface area contributed by atoms with Crippen LogP contribution < -0.4 is 0 Å². The molecule has 0 saturated carbocycles. The van der Waals surface area contributed by atoms with Crippen LogP contribution in [0, 0.1) is 11.8 Å². The molecule has 0 aromatic heterocycles. The predicted octanol–water partition coefficient (Wildman–Crippen LogP) is 2.68. The monoisotopic (exact) mass is 151 g/mol. The first kappa shape index (κ1) is 8.51. The molecule has 0 fully saturated rings. The van der Waals surface area contributed by atoms with Gasteiger partial charge in [-0.15, -0.1) is 0 Å². The number of rotatable bonds is 1. The van der Waals surface area contributed by atoms with Crippen LogP contribution in [0.15, 0.2) is 17.1 Å². The molecule has 11 heavy (non-hydrogen) atoms. The van der Waals surface area contributed by atoms with E-state index in [0.717, 1.165) is 0 Å². The van der Waals surface area contributed by atoms with Gasteiger partial charge in [-0.1, -0.05) is 26.8 Å². The van der Waals surface area contributed by atoms with Crippen LogP contribution in [-0.2, 0) is 0 Å². The molecule has 1 nitrogen and oxygen atoms in total. The summed E-state index contributed by atoms with van der Waals surface area (Å²) in [6.07, 6.45) is 4.37. The summed E-state index contributed by atoms with van der Waals surface area (Å²) in [5, 5.41) is 0. The van der Waals surface area contributed by atoms with E-state index in [0.29, 0.717) is 17.9 Å². The highest BCUT2D eigenvalue weighted by Crippen LogP contribution is 2.21. The number of allylic oxidation sites excluding steroid dienone is 1. The topological polar surface area (TPSA) is 12.4 Å². The van der Waals surface area contributed by atoms with Crippen molar-refractivity contribution in [1.82, 2.24) is 0 Å². The molecule has 0 aromatic rings. The Bertz CT molecular complexity index is 189. The number of hydrogen-bond acceptors (Lipinski definition) is 1. The van der Waals surface area contributed by atoms with E-state index in [2.05, 4.69) is 44.8 Å². The summed E-state index contributed by atoms with van der Waals surface area (Å²) in [6.45, 7) is 8.77. The highest BCUT2D eigenvalue weighted by atomic mass is 14.8. The van der Waals surface area contributed by atoms with E-state index in [1.165, 1.54) is 5.71 Å². The molecule has 1 aliphatic rings. The molecule has 1 heterocycles. The highest BCUT2D eigenvalue weighted by molar-refractivity contribution is 5.93. The summed E-state index contributed by atoms with van der Waals surface area (Å²) in [5.41, 5.74) is 1.17. The van der Waals surface area contributed by atoms with Crippen molar-refractivity contribution in [2.75, 3.05) is 0 Å². The van der Waals surface area contributed by atoms with Crippen molar-refractivity contribution in [2.45, 2.75) is 33.7 Å². The maximum atomic E-state index is 4.59. The molecule has 0 radical (unpaired) electrons. The molecule has 62 valence electrons. The van der Waals surface area contributed by atoms with E-state index in [4.69, 9.17) is 0 Å². The molecule has 1 rings (SSSR count). The van der Waals surface area contributed by atoms with E-state index in [1.807, 2.05) is 0 Å². The summed E-state index contributed by atoms with van der Waals surface area (Å²) in [4.78, 5) is 4.59. The zero-order chi connectivity index (χ0) is 8.43. The second-order valence-electron chi connectivity index (χ2n) is 3.72. The minimum absolute atomic E-state index is 0.500. The van der Waals surface area contributed by atoms with Crippen LogP contribution in [0.3, 0.4) is 0 Å². The van der Waals surface area contributed by atoms with Gasteiger partial charge in [-0.2, -0.15) is 0 Å². The lowest BCUT2D eigenvalue weighted by atomic mass is 9.90. The Hall–Kier alpha value is -0.590. The second-order valence-corrected chi connectivity index (χ2v) is 3.72. The zero-order valence-electron chi connectivity index (χ0n) is 7.83. The lowest BCUT2D eigenvalue weighted by Gasteiger charge is -2.24. The molecule has 0 saturated heterocycles. The molecule has 0 bridgehead atoms. The van der Waals surface area contributed by atoms with Gasteiger partial charge < -0.3 is 0 Å². The van der Waals surface area contributed by atoms with Gasteiger partial charge in [0.05, 0.1) is 6.04 Å². The molecule has 0 aromatic carbocycles. The molecule has 0 N–H and O–H groups in total. The maximum Gasteiger partial charge on any atom is 0.0585 e. The minimum atomic E-state index is 0.500. The third-order valence-corrected chi connectivity index (χ3v) is 2.22. The van der Waals surface area contributed by atoms with Crippen LogP contribution in [0.25, 0.3) is 0 Å². The van der Waals surface area contributed by atoms with Gasteiger partial charge in [-0.25, -0.2) is 0 Å². The Morgan fingerprint density at radius 1 is 1.45 bits per heavy atom. The van der Waals surface area contributed by atoms with E-state index in [9.17, 15) is 0 Å². The first-order valence-corrected chi connectivity index (χ1v) is 4.34. The number of nitrogens with zero attached hydrogens (tertiary/aromatic N) is 1. The van der Waals surface area contributed by atoms with Crippen LogP contribution >= 0.6 is 0 Å². The fourth-order valence-electron chi connectivity index (χ4n) is 1.56. The second kappa shape index (κ2) is 3.21. The van der Waals surface area contributed by atoms with Crippen molar-refractivity contribution in [3.63, 3.8) is 0 Å². The van der Waals surface area contributed by atoms with E-state index in [-0.39, 0.29) is 0 Å². The quantitative estimate of drug-likeness (QED) is 0.546. The minimum Gasteiger partial charge on any atom is -0.286 e. The summed E-state index contributed by atoms with van der Waals surface area (Å²) in [7, 11) is 0. The van der Waals surface area contributed by atoms with Crippen molar-refractivity contribution in [3.05, 3.63) is 12.2 Å². The van der Waals surface area contributed by atoms with Gasteiger partial charge in [-0.05, 0) is 24.8 Å². The Balaban J connectivity index is 2.73. The standard InChI is InChI=1S/C10H17N/c1-7(2)10-8(3)5-6-9(4)11-10/h5-8,10H,1-4H3. The average Bonchev–Trinajstić information content (AvgIpc) is 1.94. The molecule has 0 amide bonds. The van der Waals surface area contributed by atoms with Crippen LogP contribution in [-0.4, -0.2) is 11.8 Å². The lowest BCUT2D eigenvalue weighted by molar-refractivity contribution is 0.414. The Kier molecular flexibility index (Phi) is 2.48. The smallest absolute Gasteiger partial charge is 0.0585 e. The van der Waals surface area contributed by atoms with E-state index in [1.54, 1.807) is 0 Å².